The van der Waals surface area contributed by atoms with Crippen LogP contribution in [0.2, 0.25) is 5.02 Å². The molecular formula is C21H20ClFN6O2. The van der Waals surface area contributed by atoms with Crippen molar-refractivity contribution in [1.29, 1.82) is 0 Å². The normalized spacial score (nSPS) is 16.5. The van der Waals surface area contributed by atoms with E-state index in [0.717, 1.165) is 24.2 Å². The quantitative estimate of drug-likeness (QED) is 0.653. The minimum absolute atomic E-state index is 0.0313. The third-order valence-corrected chi connectivity index (χ3v) is 5.71. The van der Waals surface area contributed by atoms with E-state index in [1.54, 1.807) is 11.1 Å². The predicted octanol–water partition coefficient (Wildman–Crippen LogP) is 4.16. The molecule has 2 amide bonds. The van der Waals surface area contributed by atoms with Crippen molar-refractivity contribution in [1.82, 2.24) is 20.1 Å². The highest BCUT2D eigenvalue weighted by Gasteiger charge is 2.31. The fraction of sp³-hybridized carbons (Fsp3) is 0.333. The zero-order chi connectivity index (χ0) is 21.4. The Morgan fingerprint density at radius 1 is 1.16 bits per heavy atom. The summed E-state index contributed by atoms with van der Waals surface area (Å²) >= 11 is 5.79. The molecule has 8 nitrogen and oxygen atoms in total. The average Bonchev–Trinajstić information content (AvgIpc) is 3.53. The van der Waals surface area contributed by atoms with E-state index in [0.29, 0.717) is 49.6 Å². The Kier molecular flexibility index (Phi) is 5.19. The van der Waals surface area contributed by atoms with E-state index in [-0.39, 0.29) is 11.1 Å². The van der Waals surface area contributed by atoms with Crippen LogP contribution < -0.4 is 10.2 Å². The molecule has 1 aliphatic heterocycles. The van der Waals surface area contributed by atoms with Crippen LogP contribution in [0.15, 0.2) is 40.9 Å². The van der Waals surface area contributed by atoms with Gasteiger partial charge in [-0.1, -0.05) is 11.6 Å². The van der Waals surface area contributed by atoms with Crippen LogP contribution >= 0.6 is 11.6 Å². The molecule has 1 aromatic carbocycles. The second-order valence-corrected chi connectivity index (χ2v) is 8.03. The number of rotatable bonds is 4. The van der Waals surface area contributed by atoms with Crippen molar-refractivity contribution in [2.24, 2.45) is 0 Å². The summed E-state index contributed by atoms with van der Waals surface area (Å²) in [5.41, 5.74) is 1.24. The predicted molar refractivity (Wildman–Crippen MR) is 114 cm³/mol. The van der Waals surface area contributed by atoms with Crippen molar-refractivity contribution in [3.05, 3.63) is 53.3 Å². The zero-order valence-electron chi connectivity index (χ0n) is 16.6. The third kappa shape index (κ3) is 4.18. The Hall–Kier alpha value is -3.20. The van der Waals surface area contributed by atoms with Crippen molar-refractivity contribution in [2.45, 2.75) is 18.8 Å². The number of aromatic nitrogens is 3. The maximum Gasteiger partial charge on any atom is 0.321 e. The van der Waals surface area contributed by atoms with Crippen molar-refractivity contribution in [3.63, 3.8) is 0 Å². The second-order valence-electron chi connectivity index (χ2n) is 7.63. The highest BCUT2D eigenvalue weighted by Crippen LogP contribution is 2.40. The van der Waals surface area contributed by atoms with Gasteiger partial charge in [-0.25, -0.2) is 14.2 Å². The SMILES string of the molecule is O=C(Nc1ccc(F)c(Cl)c1)N1CCN(c2ncccc2-c2nnc(C3CC3)o2)CC1. The zero-order valence-corrected chi connectivity index (χ0v) is 17.3. The van der Waals surface area contributed by atoms with E-state index in [2.05, 4.69) is 25.4 Å². The minimum Gasteiger partial charge on any atom is -0.420 e. The van der Waals surface area contributed by atoms with E-state index >= 15 is 0 Å². The molecule has 1 saturated carbocycles. The van der Waals surface area contributed by atoms with Crippen LogP contribution in [0, 0.1) is 5.82 Å². The second kappa shape index (κ2) is 8.14. The van der Waals surface area contributed by atoms with Crippen LogP contribution in [0.4, 0.5) is 20.7 Å². The lowest BCUT2D eigenvalue weighted by molar-refractivity contribution is 0.208. The van der Waals surface area contributed by atoms with E-state index in [4.69, 9.17) is 16.0 Å². The highest BCUT2D eigenvalue weighted by molar-refractivity contribution is 6.31. The largest absolute Gasteiger partial charge is 0.420 e. The first kappa shape index (κ1) is 19.7. The van der Waals surface area contributed by atoms with E-state index in [1.165, 1.54) is 18.2 Å². The number of benzene rings is 1. The number of carbonyl (C=O) groups is 1. The van der Waals surface area contributed by atoms with Crippen molar-refractivity contribution < 1.29 is 13.6 Å². The minimum atomic E-state index is -0.523. The summed E-state index contributed by atoms with van der Waals surface area (Å²) in [6.45, 7) is 2.22. The summed E-state index contributed by atoms with van der Waals surface area (Å²) in [6, 6.07) is 7.61. The van der Waals surface area contributed by atoms with Crippen LogP contribution in [-0.2, 0) is 0 Å². The Morgan fingerprint density at radius 3 is 2.71 bits per heavy atom. The van der Waals surface area contributed by atoms with Crippen molar-refractivity contribution in [3.8, 4) is 11.5 Å². The number of hydrogen-bond donors (Lipinski definition) is 1. The Morgan fingerprint density at radius 2 is 1.97 bits per heavy atom. The molecule has 10 heteroatoms. The molecule has 0 bridgehead atoms. The van der Waals surface area contributed by atoms with Gasteiger partial charge in [-0.3, -0.25) is 0 Å². The van der Waals surface area contributed by atoms with Gasteiger partial charge < -0.3 is 19.5 Å². The molecule has 5 rings (SSSR count). The molecule has 2 aromatic heterocycles. The summed E-state index contributed by atoms with van der Waals surface area (Å²) in [7, 11) is 0. The maximum atomic E-state index is 13.3. The number of hydrogen-bond acceptors (Lipinski definition) is 6. The molecule has 0 unspecified atom stereocenters. The number of nitrogens with zero attached hydrogens (tertiary/aromatic N) is 5. The molecule has 3 aromatic rings. The molecule has 160 valence electrons. The van der Waals surface area contributed by atoms with E-state index in [9.17, 15) is 9.18 Å². The van der Waals surface area contributed by atoms with Gasteiger partial charge in [-0.15, -0.1) is 10.2 Å². The monoisotopic (exact) mass is 442 g/mol. The summed E-state index contributed by atoms with van der Waals surface area (Å²) in [6.07, 6.45) is 3.92. The molecule has 2 aliphatic rings. The number of halogens is 2. The van der Waals surface area contributed by atoms with Crippen LogP contribution in [0.3, 0.4) is 0 Å². The number of nitrogens with one attached hydrogen (secondary N) is 1. The summed E-state index contributed by atoms with van der Waals surface area (Å²) in [5, 5.41) is 11.1. The van der Waals surface area contributed by atoms with Gasteiger partial charge in [0.1, 0.15) is 11.6 Å². The molecule has 0 spiro atoms. The van der Waals surface area contributed by atoms with Gasteiger partial charge >= 0.3 is 6.03 Å². The molecule has 1 aliphatic carbocycles. The third-order valence-electron chi connectivity index (χ3n) is 5.42. The maximum absolute atomic E-state index is 13.3. The van der Waals surface area contributed by atoms with Crippen LogP contribution in [0.25, 0.3) is 11.5 Å². The summed E-state index contributed by atoms with van der Waals surface area (Å²) < 4.78 is 19.2. The van der Waals surface area contributed by atoms with Gasteiger partial charge in [0.15, 0.2) is 0 Å². The average molecular weight is 443 g/mol. The van der Waals surface area contributed by atoms with Gasteiger partial charge in [0.25, 0.3) is 5.89 Å². The first-order valence-electron chi connectivity index (χ1n) is 10.1. The van der Waals surface area contributed by atoms with E-state index in [1.807, 2.05) is 12.1 Å². The lowest BCUT2D eigenvalue weighted by Crippen LogP contribution is -2.50. The molecule has 31 heavy (non-hydrogen) atoms. The molecule has 2 fully saturated rings. The Labute approximate surface area is 183 Å². The number of amides is 2. The fourth-order valence-electron chi connectivity index (χ4n) is 3.55. The van der Waals surface area contributed by atoms with Gasteiger partial charge in [-0.05, 0) is 43.2 Å². The molecule has 0 atom stereocenters. The summed E-state index contributed by atoms with van der Waals surface area (Å²) in [5.74, 6) is 1.79. The standard InChI is InChI=1S/C21H20ClFN6O2/c22-16-12-14(5-6-17(16)23)25-21(30)29-10-8-28(9-11-29)18-15(2-1-7-24-18)20-27-26-19(31-20)13-3-4-13/h1-2,5-7,12-13H,3-4,8-11H2,(H,25,30). The van der Waals surface area contributed by atoms with Gasteiger partial charge in [0.05, 0.1) is 10.6 Å². The molecule has 0 radical (unpaired) electrons. The van der Waals surface area contributed by atoms with Crippen LogP contribution in [0.1, 0.15) is 24.7 Å². The van der Waals surface area contributed by atoms with Crippen LogP contribution in [-0.4, -0.2) is 52.3 Å². The molecule has 1 saturated heterocycles. The van der Waals surface area contributed by atoms with E-state index < -0.39 is 5.82 Å². The lowest BCUT2D eigenvalue weighted by atomic mass is 10.2. The van der Waals surface area contributed by atoms with Gasteiger partial charge in [0.2, 0.25) is 5.89 Å². The van der Waals surface area contributed by atoms with Crippen LogP contribution in [0.5, 0.6) is 0 Å². The number of carbonyl (C=O) groups excluding carboxylic acids is 1. The Balaban J connectivity index is 1.25. The number of anilines is 2. The highest BCUT2D eigenvalue weighted by atomic mass is 35.5. The smallest absolute Gasteiger partial charge is 0.321 e. The number of piperazine rings is 1. The van der Waals surface area contributed by atoms with Gasteiger partial charge in [0, 0.05) is 44.0 Å². The first-order valence-corrected chi connectivity index (χ1v) is 10.5. The number of pyridine rings is 1. The molecule has 1 N–H and O–H groups in total. The molecule has 3 heterocycles. The summed E-state index contributed by atoms with van der Waals surface area (Å²) in [4.78, 5) is 20.9. The van der Waals surface area contributed by atoms with Gasteiger partial charge in [-0.2, -0.15) is 0 Å². The van der Waals surface area contributed by atoms with Crippen molar-refractivity contribution >= 4 is 29.1 Å². The lowest BCUT2D eigenvalue weighted by Gasteiger charge is -2.35. The Bertz CT molecular complexity index is 1110. The van der Waals surface area contributed by atoms with Crippen molar-refractivity contribution in [2.75, 3.05) is 36.4 Å². The first-order chi connectivity index (χ1) is 15.1. The number of urea groups is 1. The molecular weight excluding hydrogens is 423 g/mol. The topological polar surface area (TPSA) is 87.4 Å². The fourth-order valence-corrected chi connectivity index (χ4v) is 3.73.